The molecule has 0 aliphatic heterocycles. The summed E-state index contributed by atoms with van der Waals surface area (Å²) in [4.78, 5) is 17.5. The number of aromatic nitrogens is 2. The molecule has 2 aromatic rings. The number of imidazole rings is 1. The van der Waals surface area contributed by atoms with E-state index in [-0.39, 0.29) is 5.91 Å². The molecule has 0 saturated carbocycles. The minimum absolute atomic E-state index is 0.0345. The maximum atomic E-state index is 11.3. The maximum absolute atomic E-state index is 11.3. The molecule has 2 rings (SSSR count). The number of para-hydroxylation sites is 2. The monoisotopic (exact) mass is 243 g/mol. The quantitative estimate of drug-likeness (QED) is 0.772. The second-order valence-electron chi connectivity index (χ2n) is 4.29. The molecule has 0 aliphatic rings. The molecule has 0 aliphatic carbocycles. The van der Waals surface area contributed by atoms with Crippen LogP contribution in [-0.2, 0) is 17.9 Å². The van der Waals surface area contributed by atoms with Gasteiger partial charge >= 0.3 is 0 Å². The van der Waals surface area contributed by atoms with E-state index in [1.54, 1.807) is 18.9 Å². The lowest BCUT2D eigenvalue weighted by Gasteiger charge is -2.15. The van der Waals surface area contributed by atoms with E-state index in [4.69, 9.17) is 0 Å². The van der Waals surface area contributed by atoms with Crippen LogP contribution in [-0.4, -0.2) is 27.4 Å². The van der Waals surface area contributed by atoms with Gasteiger partial charge in [-0.2, -0.15) is 0 Å². The van der Waals surface area contributed by atoms with Gasteiger partial charge in [-0.15, -0.1) is 6.58 Å². The summed E-state index contributed by atoms with van der Waals surface area (Å²) < 4.78 is 2.09. The molecular weight excluding hydrogens is 226 g/mol. The van der Waals surface area contributed by atoms with E-state index in [0.29, 0.717) is 13.1 Å². The van der Waals surface area contributed by atoms with Gasteiger partial charge in [0.25, 0.3) is 0 Å². The molecule has 0 bridgehead atoms. The van der Waals surface area contributed by atoms with Crippen molar-refractivity contribution >= 4 is 16.9 Å². The SMILES string of the molecule is C=CCn1c(CN(C)C(C)=O)nc2ccccc21. The highest BCUT2D eigenvalue weighted by atomic mass is 16.2. The Morgan fingerprint density at radius 3 is 2.89 bits per heavy atom. The third kappa shape index (κ3) is 2.27. The van der Waals surface area contributed by atoms with Crippen molar-refractivity contribution in [2.75, 3.05) is 7.05 Å². The van der Waals surface area contributed by atoms with Crippen molar-refractivity contribution in [3.63, 3.8) is 0 Å². The van der Waals surface area contributed by atoms with E-state index in [1.807, 2.05) is 30.3 Å². The van der Waals surface area contributed by atoms with Crippen LogP contribution < -0.4 is 0 Å². The third-order valence-corrected chi connectivity index (χ3v) is 2.96. The van der Waals surface area contributed by atoms with Gasteiger partial charge in [-0.3, -0.25) is 4.79 Å². The first-order valence-electron chi connectivity index (χ1n) is 5.90. The molecular formula is C14H17N3O. The third-order valence-electron chi connectivity index (χ3n) is 2.96. The lowest BCUT2D eigenvalue weighted by atomic mass is 10.3. The van der Waals surface area contributed by atoms with E-state index in [1.165, 1.54) is 0 Å². The number of nitrogens with zero attached hydrogens (tertiary/aromatic N) is 3. The predicted molar refractivity (Wildman–Crippen MR) is 72.1 cm³/mol. The van der Waals surface area contributed by atoms with Crippen LogP contribution in [0.1, 0.15) is 12.7 Å². The summed E-state index contributed by atoms with van der Waals surface area (Å²) in [7, 11) is 1.78. The summed E-state index contributed by atoms with van der Waals surface area (Å²) >= 11 is 0. The van der Waals surface area contributed by atoms with Gasteiger partial charge < -0.3 is 9.47 Å². The lowest BCUT2D eigenvalue weighted by Crippen LogP contribution is -2.25. The van der Waals surface area contributed by atoms with E-state index in [2.05, 4.69) is 16.1 Å². The zero-order valence-electron chi connectivity index (χ0n) is 10.8. The van der Waals surface area contributed by atoms with E-state index >= 15 is 0 Å². The van der Waals surface area contributed by atoms with Gasteiger partial charge in [0.05, 0.1) is 17.6 Å². The number of benzene rings is 1. The Bertz CT molecular complexity index is 586. The van der Waals surface area contributed by atoms with Gasteiger partial charge in [0.15, 0.2) is 0 Å². The van der Waals surface area contributed by atoms with Crippen molar-refractivity contribution in [2.45, 2.75) is 20.0 Å². The van der Waals surface area contributed by atoms with Gasteiger partial charge in [-0.1, -0.05) is 18.2 Å². The Kier molecular flexibility index (Phi) is 3.46. The molecule has 1 aromatic carbocycles. The van der Waals surface area contributed by atoms with Gasteiger partial charge in [0.2, 0.25) is 5.91 Å². The van der Waals surface area contributed by atoms with Crippen molar-refractivity contribution in [1.29, 1.82) is 0 Å². The fraction of sp³-hybridized carbons (Fsp3) is 0.286. The zero-order valence-corrected chi connectivity index (χ0v) is 10.8. The van der Waals surface area contributed by atoms with Crippen molar-refractivity contribution in [2.24, 2.45) is 0 Å². The number of amides is 1. The Morgan fingerprint density at radius 1 is 1.50 bits per heavy atom. The summed E-state index contributed by atoms with van der Waals surface area (Å²) in [5.74, 6) is 0.918. The van der Waals surface area contributed by atoms with E-state index in [0.717, 1.165) is 16.9 Å². The molecule has 0 saturated heterocycles. The van der Waals surface area contributed by atoms with Crippen LogP contribution in [0.2, 0.25) is 0 Å². The molecule has 0 N–H and O–H groups in total. The van der Waals surface area contributed by atoms with Gasteiger partial charge in [-0.25, -0.2) is 4.98 Å². The summed E-state index contributed by atoms with van der Waals surface area (Å²) in [6, 6.07) is 7.96. The molecule has 0 radical (unpaired) electrons. The van der Waals surface area contributed by atoms with Crippen molar-refractivity contribution < 1.29 is 4.79 Å². The van der Waals surface area contributed by atoms with Crippen molar-refractivity contribution in [1.82, 2.24) is 14.5 Å². The normalized spacial score (nSPS) is 10.6. The van der Waals surface area contributed by atoms with Crippen LogP contribution >= 0.6 is 0 Å². The highest BCUT2D eigenvalue weighted by Crippen LogP contribution is 2.17. The van der Waals surface area contributed by atoms with Crippen LogP contribution in [0.15, 0.2) is 36.9 Å². The number of fused-ring (bicyclic) bond motifs is 1. The number of hydrogen-bond acceptors (Lipinski definition) is 2. The molecule has 94 valence electrons. The number of carbonyl (C=O) groups is 1. The highest BCUT2D eigenvalue weighted by molar-refractivity contribution is 5.76. The van der Waals surface area contributed by atoms with Crippen LogP contribution in [0.5, 0.6) is 0 Å². The Morgan fingerprint density at radius 2 is 2.22 bits per heavy atom. The van der Waals surface area contributed by atoms with Crippen LogP contribution in [0.25, 0.3) is 11.0 Å². The van der Waals surface area contributed by atoms with Crippen LogP contribution in [0.4, 0.5) is 0 Å². The first kappa shape index (κ1) is 12.4. The molecule has 0 fully saturated rings. The molecule has 0 unspecified atom stereocenters. The summed E-state index contributed by atoms with van der Waals surface area (Å²) in [6.45, 7) is 6.53. The molecule has 1 amide bonds. The first-order chi connectivity index (χ1) is 8.63. The van der Waals surface area contributed by atoms with Crippen molar-refractivity contribution in [3.05, 3.63) is 42.7 Å². The molecule has 18 heavy (non-hydrogen) atoms. The van der Waals surface area contributed by atoms with Gasteiger partial charge in [0.1, 0.15) is 5.82 Å². The Hall–Kier alpha value is -2.10. The van der Waals surface area contributed by atoms with Crippen LogP contribution in [0, 0.1) is 0 Å². The minimum atomic E-state index is 0.0345. The number of carbonyl (C=O) groups excluding carboxylic acids is 1. The van der Waals surface area contributed by atoms with Crippen molar-refractivity contribution in [3.8, 4) is 0 Å². The zero-order chi connectivity index (χ0) is 13.1. The molecule has 4 nitrogen and oxygen atoms in total. The molecule has 4 heteroatoms. The predicted octanol–water partition coefficient (Wildman–Crippen LogP) is 2.20. The second kappa shape index (κ2) is 5.04. The smallest absolute Gasteiger partial charge is 0.219 e. The Balaban J connectivity index is 2.45. The van der Waals surface area contributed by atoms with E-state index < -0.39 is 0 Å². The maximum Gasteiger partial charge on any atom is 0.219 e. The topological polar surface area (TPSA) is 38.1 Å². The number of rotatable bonds is 4. The number of hydrogen-bond donors (Lipinski definition) is 0. The molecule has 1 heterocycles. The summed E-state index contributed by atoms with van der Waals surface area (Å²) in [6.07, 6.45) is 1.84. The Labute approximate surface area is 107 Å². The minimum Gasteiger partial charge on any atom is -0.339 e. The standard InChI is InChI=1S/C14H17N3O/c1-4-9-17-13-8-6-5-7-12(13)15-14(17)10-16(3)11(2)18/h4-8H,1,9-10H2,2-3H3. The largest absolute Gasteiger partial charge is 0.339 e. The molecule has 0 atom stereocenters. The average Bonchev–Trinajstić information content (AvgIpc) is 2.68. The average molecular weight is 243 g/mol. The summed E-state index contributed by atoms with van der Waals surface area (Å²) in [5, 5.41) is 0. The second-order valence-corrected chi connectivity index (χ2v) is 4.29. The molecule has 1 aromatic heterocycles. The lowest BCUT2D eigenvalue weighted by molar-refractivity contribution is -0.128. The van der Waals surface area contributed by atoms with Crippen LogP contribution in [0.3, 0.4) is 0 Å². The fourth-order valence-electron chi connectivity index (χ4n) is 1.90. The molecule has 0 spiro atoms. The highest BCUT2D eigenvalue weighted by Gasteiger charge is 2.12. The number of allylic oxidation sites excluding steroid dienone is 1. The van der Waals surface area contributed by atoms with Gasteiger partial charge in [0, 0.05) is 20.5 Å². The van der Waals surface area contributed by atoms with E-state index in [9.17, 15) is 4.79 Å². The first-order valence-corrected chi connectivity index (χ1v) is 5.90. The summed E-state index contributed by atoms with van der Waals surface area (Å²) in [5.41, 5.74) is 2.02. The fourth-order valence-corrected chi connectivity index (χ4v) is 1.90. The van der Waals surface area contributed by atoms with Gasteiger partial charge in [-0.05, 0) is 12.1 Å².